The smallest absolute Gasteiger partial charge is 0.203 e. The van der Waals surface area contributed by atoms with Crippen LogP contribution in [0, 0.1) is 6.92 Å². The molecule has 0 fully saturated rings. The Hall–Kier alpha value is -0.990. The number of hydrogen-bond acceptors (Lipinski definition) is 2. The van der Waals surface area contributed by atoms with Crippen LogP contribution < -0.4 is 5.32 Å². The highest BCUT2D eigenvalue weighted by atomic mass is 15.2. The van der Waals surface area contributed by atoms with Gasteiger partial charge in [-0.25, -0.2) is 4.98 Å². The van der Waals surface area contributed by atoms with Gasteiger partial charge < -0.3 is 9.88 Å². The molecule has 1 atom stereocenters. The average molecular weight is 209 g/mol. The molecule has 1 aromatic heterocycles. The first-order valence-electron chi connectivity index (χ1n) is 5.98. The summed E-state index contributed by atoms with van der Waals surface area (Å²) in [7, 11) is 0. The molecular formula is C12H23N3. The van der Waals surface area contributed by atoms with E-state index in [2.05, 4.69) is 41.8 Å². The molecule has 0 radical (unpaired) electrons. The van der Waals surface area contributed by atoms with Gasteiger partial charge in [0, 0.05) is 18.8 Å². The number of imidazole rings is 1. The molecule has 1 unspecified atom stereocenters. The lowest BCUT2D eigenvalue weighted by atomic mass is 10.2. The number of aromatic nitrogens is 2. The van der Waals surface area contributed by atoms with Gasteiger partial charge in [-0.1, -0.05) is 20.3 Å². The van der Waals surface area contributed by atoms with Crippen LogP contribution in [0.2, 0.25) is 0 Å². The van der Waals surface area contributed by atoms with Crippen LogP contribution in [0.3, 0.4) is 0 Å². The third kappa shape index (κ3) is 3.26. The summed E-state index contributed by atoms with van der Waals surface area (Å²) in [6.45, 7) is 9.70. The van der Waals surface area contributed by atoms with Gasteiger partial charge in [-0.15, -0.1) is 0 Å². The van der Waals surface area contributed by atoms with Crippen LogP contribution in [0.15, 0.2) is 6.20 Å². The fourth-order valence-corrected chi connectivity index (χ4v) is 1.56. The number of nitrogens with one attached hydrogen (secondary N) is 1. The van der Waals surface area contributed by atoms with Crippen LogP contribution in [0.4, 0.5) is 5.95 Å². The predicted molar refractivity (Wildman–Crippen MR) is 65.4 cm³/mol. The third-order valence-electron chi connectivity index (χ3n) is 2.73. The van der Waals surface area contributed by atoms with Crippen LogP contribution in [0.5, 0.6) is 0 Å². The zero-order chi connectivity index (χ0) is 11.3. The predicted octanol–water partition coefficient (Wildman–Crippen LogP) is 3.37. The molecule has 3 heteroatoms. The summed E-state index contributed by atoms with van der Waals surface area (Å²) in [5.41, 5.74) is 1.09. The van der Waals surface area contributed by atoms with Crippen molar-refractivity contribution in [3.8, 4) is 0 Å². The topological polar surface area (TPSA) is 29.9 Å². The van der Waals surface area contributed by atoms with Crippen molar-refractivity contribution in [2.24, 2.45) is 0 Å². The lowest BCUT2D eigenvalue weighted by Gasteiger charge is -2.14. The van der Waals surface area contributed by atoms with Crippen LogP contribution in [-0.2, 0) is 0 Å². The van der Waals surface area contributed by atoms with Gasteiger partial charge in [-0.2, -0.15) is 0 Å². The first-order valence-corrected chi connectivity index (χ1v) is 5.98. The van der Waals surface area contributed by atoms with Gasteiger partial charge in [0.2, 0.25) is 5.95 Å². The van der Waals surface area contributed by atoms with E-state index in [1.807, 2.05) is 6.92 Å². The summed E-state index contributed by atoms with van der Waals surface area (Å²) < 4.78 is 2.24. The molecule has 0 bridgehead atoms. The van der Waals surface area contributed by atoms with E-state index >= 15 is 0 Å². The largest absolute Gasteiger partial charge is 0.356 e. The minimum absolute atomic E-state index is 0.523. The minimum atomic E-state index is 0.523. The lowest BCUT2D eigenvalue weighted by molar-refractivity contribution is 0.534. The zero-order valence-corrected chi connectivity index (χ0v) is 10.4. The van der Waals surface area contributed by atoms with Gasteiger partial charge in [-0.05, 0) is 26.7 Å². The maximum absolute atomic E-state index is 4.50. The second-order valence-electron chi connectivity index (χ2n) is 4.15. The molecule has 0 saturated heterocycles. The van der Waals surface area contributed by atoms with Crippen molar-refractivity contribution in [1.82, 2.24) is 9.55 Å². The fraction of sp³-hybridized carbons (Fsp3) is 0.750. The first kappa shape index (κ1) is 12.1. The summed E-state index contributed by atoms with van der Waals surface area (Å²) in [5, 5.41) is 3.40. The molecule has 0 aliphatic heterocycles. The second-order valence-corrected chi connectivity index (χ2v) is 4.15. The van der Waals surface area contributed by atoms with Gasteiger partial charge in [0.05, 0.1) is 5.69 Å². The molecule has 0 aromatic carbocycles. The maximum Gasteiger partial charge on any atom is 0.203 e. The Bertz CT molecular complexity index is 291. The Labute approximate surface area is 92.9 Å². The molecule has 15 heavy (non-hydrogen) atoms. The van der Waals surface area contributed by atoms with Gasteiger partial charge in [-0.3, -0.25) is 0 Å². The molecule has 1 N–H and O–H groups in total. The molecule has 0 saturated carbocycles. The van der Waals surface area contributed by atoms with Crippen LogP contribution in [0.1, 0.15) is 51.8 Å². The monoisotopic (exact) mass is 209 g/mol. The Morgan fingerprint density at radius 3 is 2.80 bits per heavy atom. The van der Waals surface area contributed by atoms with E-state index in [0.29, 0.717) is 6.04 Å². The molecule has 1 rings (SSSR count). The van der Waals surface area contributed by atoms with Crippen LogP contribution in [-0.4, -0.2) is 16.1 Å². The summed E-state index contributed by atoms with van der Waals surface area (Å²) in [6.07, 6.45) is 5.68. The quantitative estimate of drug-likeness (QED) is 0.728. The van der Waals surface area contributed by atoms with Crippen LogP contribution >= 0.6 is 0 Å². The van der Waals surface area contributed by atoms with Crippen molar-refractivity contribution in [1.29, 1.82) is 0 Å². The molecule has 0 aliphatic rings. The maximum atomic E-state index is 4.50. The van der Waals surface area contributed by atoms with E-state index < -0.39 is 0 Å². The minimum Gasteiger partial charge on any atom is -0.356 e. The van der Waals surface area contributed by atoms with Crippen molar-refractivity contribution in [2.45, 2.75) is 53.0 Å². The molecule has 1 aromatic rings. The fourth-order valence-electron chi connectivity index (χ4n) is 1.56. The lowest BCUT2D eigenvalue weighted by Crippen LogP contribution is -2.11. The van der Waals surface area contributed by atoms with Gasteiger partial charge in [0.15, 0.2) is 0 Å². The highest BCUT2D eigenvalue weighted by Gasteiger charge is 2.09. The SMILES string of the molecule is CCCCNc1nc(C)cn1C(C)CC. The van der Waals surface area contributed by atoms with Gasteiger partial charge in [0.1, 0.15) is 0 Å². The summed E-state index contributed by atoms with van der Waals surface area (Å²) in [4.78, 5) is 4.50. The van der Waals surface area contributed by atoms with Gasteiger partial charge >= 0.3 is 0 Å². The summed E-state index contributed by atoms with van der Waals surface area (Å²) in [5.74, 6) is 1.02. The summed E-state index contributed by atoms with van der Waals surface area (Å²) >= 11 is 0. The van der Waals surface area contributed by atoms with E-state index in [-0.39, 0.29) is 0 Å². The molecule has 0 spiro atoms. The highest BCUT2D eigenvalue weighted by Crippen LogP contribution is 2.18. The van der Waals surface area contributed by atoms with Crippen molar-refractivity contribution in [3.05, 3.63) is 11.9 Å². The highest BCUT2D eigenvalue weighted by molar-refractivity contribution is 5.29. The van der Waals surface area contributed by atoms with E-state index in [1.54, 1.807) is 0 Å². The molecular weight excluding hydrogens is 186 g/mol. The molecule has 0 aliphatic carbocycles. The van der Waals surface area contributed by atoms with Crippen molar-refractivity contribution >= 4 is 5.95 Å². The Kier molecular flexibility index (Phi) is 4.66. The number of hydrogen-bond donors (Lipinski definition) is 1. The number of anilines is 1. The van der Waals surface area contributed by atoms with E-state index in [4.69, 9.17) is 0 Å². The second kappa shape index (κ2) is 5.79. The van der Waals surface area contributed by atoms with Crippen molar-refractivity contribution < 1.29 is 0 Å². The molecule has 1 heterocycles. The first-order chi connectivity index (χ1) is 7.19. The third-order valence-corrected chi connectivity index (χ3v) is 2.73. The van der Waals surface area contributed by atoms with Crippen molar-refractivity contribution in [2.75, 3.05) is 11.9 Å². The van der Waals surface area contributed by atoms with E-state index in [9.17, 15) is 0 Å². The Morgan fingerprint density at radius 2 is 2.20 bits per heavy atom. The van der Waals surface area contributed by atoms with Crippen LogP contribution in [0.25, 0.3) is 0 Å². The number of unbranched alkanes of at least 4 members (excludes halogenated alkanes) is 1. The Morgan fingerprint density at radius 1 is 1.47 bits per heavy atom. The number of rotatable bonds is 6. The number of aryl methyl sites for hydroxylation is 1. The van der Waals surface area contributed by atoms with E-state index in [1.165, 1.54) is 12.8 Å². The van der Waals surface area contributed by atoms with Crippen molar-refractivity contribution in [3.63, 3.8) is 0 Å². The molecule has 0 amide bonds. The standard InChI is InChI=1S/C12H23N3/c1-5-7-8-13-12-14-10(3)9-15(12)11(4)6-2/h9,11H,5-8H2,1-4H3,(H,13,14). The van der Waals surface area contributed by atoms with E-state index in [0.717, 1.165) is 24.6 Å². The average Bonchev–Trinajstić information content (AvgIpc) is 2.59. The Balaban J connectivity index is 2.68. The zero-order valence-electron chi connectivity index (χ0n) is 10.4. The molecule has 86 valence electrons. The summed E-state index contributed by atoms with van der Waals surface area (Å²) in [6, 6.07) is 0.523. The number of nitrogens with zero attached hydrogens (tertiary/aromatic N) is 2. The normalized spacial score (nSPS) is 12.8. The van der Waals surface area contributed by atoms with Gasteiger partial charge in [0.25, 0.3) is 0 Å². The molecule has 3 nitrogen and oxygen atoms in total.